The smallest absolute Gasteiger partial charge is 0.265 e. The normalized spacial score (nSPS) is 33.8. The van der Waals surface area contributed by atoms with Gasteiger partial charge in [-0.3, -0.25) is 19.4 Å². The molecule has 2 unspecified atom stereocenters. The minimum Gasteiger partial charge on any atom is -0.376 e. The van der Waals surface area contributed by atoms with Crippen LogP contribution in [0.3, 0.4) is 0 Å². The number of aromatic nitrogens is 1. The second-order valence-electron chi connectivity index (χ2n) is 12.1. The number of fused-ring (bicyclic) bond motifs is 3. The van der Waals surface area contributed by atoms with Crippen LogP contribution >= 0.6 is 11.3 Å². The highest BCUT2D eigenvalue weighted by atomic mass is 32.1. The molecular weight excluding hydrogens is 464 g/mol. The fraction of sp³-hybridized carbons (Fsp3) is 0.769. The van der Waals surface area contributed by atoms with Crippen molar-refractivity contribution in [2.24, 2.45) is 34.5 Å². The molecule has 4 aliphatic heterocycles. The van der Waals surface area contributed by atoms with E-state index in [0.29, 0.717) is 50.1 Å². The number of hydrogen-bond acceptors (Lipinski definition) is 6. The summed E-state index contributed by atoms with van der Waals surface area (Å²) in [6, 6.07) is 0. The molecule has 2 saturated carbocycles. The summed E-state index contributed by atoms with van der Waals surface area (Å²) in [6.07, 6.45) is 7.68. The van der Waals surface area contributed by atoms with E-state index in [-0.39, 0.29) is 52.4 Å². The summed E-state index contributed by atoms with van der Waals surface area (Å²) in [5.41, 5.74) is 1.15. The van der Waals surface area contributed by atoms with Crippen molar-refractivity contribution in [3.8, 4) is 0 Å². The summed E-state index contributed by atoms with van der Waals surface area (Å²) < 4.78 is 6.49. The molecule has 6 fully saturated rings. The molecule has 35 heavy (non-hydrogen) atoms. The highest BCUT2D eigenvalue weighted by Gasteiger charge is 2.69. The molecule has 3 amide bonds. The van der Waals surface area contributed by atoms with E-state index in [1.165, 1.54) is 43.4 Å². The zero-order valence-electron chi connectivity index (χ0n) is 20.7. The van der Waals surface area contributed by atoms with Gasteiger partial charge in [0.2, 0.25) is 11.8 Å². The van der Waals surface area contributed by atoms with E-state index >= 15 is 0 Å². The molecule has 0 aromatic carbocycles. The third kappa shape index (κ3) is 3.89. The lowest BCUT2D eigenvalue weighted by atomic mass is 9.71. The lowest BCUT2D eigenvalue weighted by molar-refractivity contribution is -0.151. The van der Waals surface area contributed by atoms with Crippen molar-refractivity contribution in [2.45, 2.75) is 52.1 Å². The van der Waals surface area contributed by atoms with Crippen LogP contribution in [0.5, 0.6) is 0 Å². The Labute approximate surface area is 210 Å². The SMILES string of the molecule is CC1(C)C2[C@@H](OCC3CCCCC3)CNC(=O)C3CN(C(=O)c4cncs4)CC34CN(C4)C(=O)[C@@H]21. The molecule has 5 heterocycles. The van der Waals surface area contributed by atoms with Gasteiger partial charge in [-0.25, -0.2) is 0 Å². The van der Waals surface area contributed by atoms with Gasteiger partial charge in [0.05, 0.1) is 23.7 Å². The number of nitrogens with zero attached hydrogens (tertiary/aromatic N) is 3. The average molecular weight is 501 g/mol. The van der Waals surface area contributed by atoms with Crippen LogP contribution in [0.1, 0.15) is 55.6 Å². The quantitative estimate of drug-likeness (QED) is 0.686. The summed E-state index contributed by atoms with van der Waals surface area (Å²) >= 11 is 1.32. The summed E-state index contributed by atoms with van der Waals surface area (Å²) in [5, 5.41) is 3.20. The molecule has 4 atom stereocenters. The van der Waals surface area contributed by atoms with Crippen LogP contribution < -0.4 is 5.32 Å². The Kier molecular flexibility index (Phi) is 5.71. The van der Waals surface area contributed by atoms with Gasteiger partial charge >= 0.3 is 0 Å². The largest absolute Gasteiger partial charge is 0.376 e. The zero-order chi connectivity index (χ0) is 24.4. The van der Waals surface area contributed by atoms with Crippen LogP contribution in [-0.4, -0.2) is 77.9 Å². The second-order valence-corrected chi connectivity index (χ2v) is 13.0. The summed E-state index contributed by atoms with van der Waals surface area (Å²) in [5.74, 6) is 0.423. The average Bonchev–Trinajstić information content (AvgIpc) is 3.24. The zero-order valence-corrected chi connectivity index (χ0v) is 21.5. The van der Waals surface area contributed by atoms with E-state index < -0.39 is 0 Å². The number of thiazole rings is 1. The molecule has 1 aromatic heterocycles. The van der Waals surface area contributed by atoms with E-state index in [9.17, 15) is 14.4 Å². The van der Waals surface area contributed by atoms with Crippen molar-refractivity contribution in [3.63, 3.8) is 0 Å². The van der Waals surface area contributed by atoms with E-state index in [1.807, 2.05) is 4.90 Å². The van der Waals surface area contributed by atoms with E-state index in [1.54, 1.807) is 16.6 Å². The highest BCUT2D eigenvalue weighted by molar-refractivity contribution is 7.11. The molecule has 2 aliphatic carbocycles. The van der Waals surface area contributed by atoms with Gasteiger partial charge in [0, 0.05) is 56.6 Å². The Morgan fingerprint density at radius 1 is 1.20 bits per heavy atom. The maximum atomic E-state index is 13.6. The Balaban J connectivity index is 1.21. The van der Waals surface area contributed by atoms with Gasteiger partial charge < -0.3 is 19.9 Å². The van der Waals surface area contributed by atoms with Gasteiger partial charge in [-0.15, -0.1) is 11.3 Å². The minimum atomic E-state index is -0.364. The second kappa shape index (κ2) is 8.54. The molecule has 0 radical (unpaired) electrons. The summed E-state index contributed by atoms with van der Waals surface area (Å²) in [4.78, 5) is 48.5. The molecule has 8 nitrogen and oxygen atoms in total. The number of amides is 3. The maximum Gasteiger partial charge on any atom is 0.265 e. The molecule has 7 rings (SSSR count). The molecule has 190 valence electrons. The molecule has 2 bridgehead atoms. The number of ether oxygens (including phenoxy) is 1. The number of likely N-dealkylation sites (tertiary alicyclic amines) is 1. The van der Waals surface area contributed by atoms with Gasteiger partial charge in [-0.1, -0.05) is 33.1 Å². The monoisotopic (exact) mass is 500 g/mol. The fourth-order valence-corrected chi connectivity index (χ4v) is 8.01. The maximum absolute atomic E-state index is 13.6. The first-order valence-corrected chi connectivity index (χ1v) is 14.0. The molecule has 1 aromatic rings. The fourth-order valence-electron chi connectivity index (χ4n) is 7.42. The van der Waals surface area contributed by atoms with Crippen molar-refractivity contribution < 1.29 is 19.1 Å². The van der Waals surface area contributed by atoms with Gasteiger partial charge in [0.15, 0.2) is 0 Å². The number of hydrogen-bond donors (Lipinski definition) is 1. The van der Waals surface area contributed by atoms with Crippen molar-refractivity contribution >= 4 is 29.1 Å². The molecule has 4 saturated heterocycles. The standard InChI is InChI=1S/C26H36N4O4S/c1-25(2)20-18(34-11-16-6-4-3-5-7-16)8-28-22(31)17-10-29(23(32)19-9-27-15-35-19)12-26(17)13-30(14-26)24(33)21(20)25/h9,15-18,20-21H,3-8,10-14H2,1-2H3,(H,28,31)/t17?,18-,20?,21+/m0/s1. The van der Waals surface area contributed by atoms with Crippen LogP contribution in [0, 0.1) is 34.5 Å². The molecular formula is C26H36N4O4S. The lowest BCUT2D eigenvalue weighted by Gasteiger charge is -2.50. The van der Waals surface area contributed by atoms with Crippen molar-refractivity contribution in [2.75, 3.05) is 39.3 Å². The first-order chi connectivity index (χ1) is 16.8. The first kappa shape index (κ1) is 23.4. The van der Waals surface area contributed by atoms with Gasteiger partial charge in [-0.2, -0.15) is 0 Å². The van der Waals surface area contributed by atoms with Crippen molar-refractivity contribution in [1.29, 1.82) is 0 Å². The Morgan fingerprint density at radius 2 is 1.97 bits per heavy atom. The number of nitrogens with one attached hydrogen (secondary N) is 1. The van der Waals surface area contributed by atoms with Crippen molar-refractivity contribution in [3.05, 3.63) is 16.6 Å². The Morgan fingerprint density at radius 3 is 2.69 bits per heavy atom. The molecule has 9 heteroatoms. The third-order valence-corrected chi connectivity index (χ3v) is 10.3. The van der Waals surface area contributed by atoms with E-state index in [4.69, 9.17) is 4.74 Å². The van der Waals surface area contributed by atoms with E-state index in [0.717, 1.165) is 0 Å². The van der Waals surface area contributed by atoms with Gasteiger partial charge in [-0.05, 0) is 24.2 Å². The molecule has 6 aliphatic rings. The predicted octanol–water partition coefficient (Wildman–Crippen LogP) is 2.41. The minimum absolute atomic E-state index is 0.0140. The highest BCUT2D eigenvalue weighted by Crippen LogP contribution is 2.62. The van der Waals surface area contributed by atoms with Crippen LogP contribution in [0.15, 0.2) is 11.7 Å². The van der Waals surface area contributed by atoms with Crippen LogP contribution in [-0.2, 0) is 14.3 Å². The summed E-state index contributed by atoms with van der Waals surface area (Å²) in [6.45, 7) is 7.44. The Hall–Kier alpha value is -2.00. The number of carbonyl (C=O) groups excluding carboxylic acids is 3. The summed E-state index contributed by atoms with van der Waals surface area (Å²) in [7, 11) is 0. The van der Waals surface area contributed by atoms with Crippen LogP contribution in [0.25, 0.3) is 0 Å². The van der Waals surface area contributed by atoms with Gasteiger partial charge in [0.1, 0.15) is 4.88 Å². The lowest BCUT2D eigenvalue weighted by Crippen LogP contribution is -2.64. The first-order valence-electron chi connectivity index (χ1n) is 13.2. The number of carbonyl (C=O) groups is 3. The molecule has 1 N–H and O–H groups in total. The van der Waals surface area contributed by atoms with E-state index in [2.05, 4.69) is 24.1 Å². The topological polar surface area (TPSA) is 91.8 Å². The van der Waals surface area contributed by atoms with Crippen molar-refractivity contribution in [1.82, 2.24) is 20.1 Å². The van der Waals surface area contributed by atoms with Crippen LogP contribution in [0.4, 0.5) is 0 Å². The third-order valence-electron chi connectivity index (χ3n) is 9.54. The van der Waals surface area contributed by atoms with Gasteiger partial charge in [0.25, 0.3) is 5.91 Å². The Bertz CT molecular complexity index is 999. The van der Waals surface area contributed by atoms with Crippen LogP contribution in [0.2, 0.25) is 0 Å². The predicted molar refractivity (Wildman–Crippen MR) is 131 cm³/mol. The number of rotatable bonds is 4. The molecule has 1 spiro atoms.